The Bertz CT molecular complexity index is 803. The summed E-state index contributed by atoms with van der Waals surface area (Å²) < 4.78 is 7.88. The number of pyridine rings is 1. The molecule has 3 rings (SSSR count). The van der Waals surface area contributed by atoms with Gasteiger partial charge in [0.15, 0.2) is 0 Å². The first-order valence-corrected chi connectivity index (χ1v) is 8.04. The van der Waals surface area contributed by atoms with Crippen molar-refractivity contribution < 1.29 is 4.74 Å². The number of nitrogens with zero attached hydrogens (tertiary/aromatic N) is 2. The maximum absolute atomic E-state index is 5.78. The van der Waals surface area contributed by atoms with Gasteiger partial charge in [-0.3, -0.25) is 4.40 Å². The number of fused-ring (bicyclic) bond motifs is 1. The lowest BCUT2D eigenvalue weighted by Gasteiger charge is -2.11. The molecule has 0 radical (unpaired) electrons. The summed E-state index contributed by atoms with van der Waals surface area (Å²) >= 11 is 0. The van der Waals surface area contributed by atoms with Crippen molar-refractivity contribution in [2.24, 2.45) is 5.73 Å². The first-order chi connectivity index (χ1) is 11.1. The summed E-state index contributed by atoms with van der Waals surface area (Å²) in [4.78, 5) is 4.80. The van der Waals surface area contributed by atoms with Crippen molar-refractivity contribution in [2.75, 3.05) is 6.54 Å². The third kappa shape index (κ3) is 3.08. The molecular weight excluding hydrogens is 286 g/mol. The molecule has 0 spiro atoms. The molecule has 3 aromatic rings. The number of benzene rings is 1. The molecule has 1 aromatic carbocycles. The van der Waals surface area contributed by atoms with Crippen LogP contribution in [0.25, 0.3) is 16.9 Å². The highest BCUT2D eigenvalue weighted by Gasteiger charge is 2.14. The predicted molar refractivity (Wildman–Crippen MR) is 93.9 cm³/mol. The van der Waals surface area contributed by atoms with E-state index >= 15 is 0 Å². The van der Waals surface area contributed by atoms with Crippen molar-refractivity contribution in [1.29, 1.82) is 0 Å². The van der Waals surface area contributed by atoms with Crippen molar-refractivity contribution in [2.45, 2.75) is 33.3 Å². The Morgan fingerprint density at radius 1 is 1.17 bits per heavy atom. The lowest BCUT2D eigenvalue weighted by molar-refractivity contribution is 0.242. The quantitative estimate of drug-likeness (QED) is 0.783. The number of hydrogen-bond donors (Lipinski definition) is 1. The average Bonchev–Trinajstić information content (AvgIpc) is 2.88. The second-order valence-corrected chi connectivity index (χ2v) is 6.02. The largest absolute Gasteiger partial charge is 0.491 e. The lowest BCUT2D eigenvalue weighted by Crippen LogP contribution is -2.05. The van der Waals surface area contributed by atoms with E-state index in [1.54, 1.807) is 0 Å². The van der Waals surface area contributed by atoms with Gasteiger partial charge in [0, 0.05) is 18.2 Å². The Morgan fingerprint density at radius 2 is 1.91 bits per heavy atom. The molecule has 0 aliphatic heterocycles. The van der Waals surface area contributed by atoms with Gasteiger partial charge in [-0.25, -0.2) is 4.98 Å². The summed E-state index contributed by atoms with van der Waals surface area (Å²) in [5.74, 6) is 0.883. The Kier molecular flexibility index (Phi) is 4.35. The van der Waals surface area contributed by atoms with Crippen molar-refractivity contribution in [3.63, 3.8) is 0 Å². The van der Waals surface area contributed by atoms with Crippen LogP contribution in [0.2, 0.25) is 0 Å². The number of ether oxygens (including phenoxy) is 1. The van der Waals surface area contributed by atoms with Gasteiger partial charge in [-0.05, 0) is 63.2 Å². The molecule has 0 fully saturated rings. The summed E-state index contributed by atoms with van der Waals surface area (Å²) in [6, 6.07) is 12.3. The maximum atomic E-state index is 5.78. The number of nitrogens with two attached hydrogens (primary N) is 1. The van der Waals surface area contributed by atoms with Crippen LogP contribution in [0.5, 0.6) is 5.75 Å². The second-order valence-electron chi connectivity index (χ2n) is 6.02. The van der Waals surface area contributed by atoms with E-state index in [2.05, 4.69) is 41.8 Å². The zero-order valence-corrected chi connectivity index (χ0v) is 13.9. The molecule has 0 aliphatic carbocycles. The highest BCUT2D eigenvalue weighted by molar-refractivity contribution is 5.69. The van der Waals surface area contributed by atoms with Gasteiger partial charge < -0.3 is 10.5 Å². The van der Waals surface area contributed by atoms with E-state index in [4.69, 9.17) is 15.5 Å². The topological polar surface area (TPSA) is 52.5 Å². The summed E-state index contributed by atoms with van der Waals surface area (Å²) in [7, 11) is 0. The maximum Gasteiger partial charge on any atom is 0.140 e. The van der Waals surface area contributed by atoms with Gasteiger partial charge in [-0.2, -0.15) is 0 Å². The first-order valence-electron chi connectivity index (χ1n) is 8.04. The van der Waals surface area contributed by atoms with E-state index in [9.17, 15) is 0 Å². The molecule has 0 bridgehead atoms. The molecule has 0 saturated carbocycles. The van der Waals surface area contributed by atoms with E-state index in [0.717, 1.165) is 40.3 Å². The Balaban J connectivity index is 2.10. The van der Waals surface area contributed by atoms with Gasteiger partial charge in [0.1, 0.15) is 11.4 Å². The first kappa shape index (κ1) is 15.6. The molecule has 23 heavy (non-hydrogen) atoms. The Labute approximate surface area is 136 Å². The third-order valence-electron chi connectivity index (χ3n) is 3.80. The van der Waals surface area contributed by atoms with Gasteiger partial charge in [0.25, 0.3) is 0 Å². The van der Waals surface area contributed by atoms with E-state index in [-0.39, 0.29) is 6.10 Å². The zero-order chi connectivity index (χ0) is 16.4. The molecule has 2 aromatic heterocycles. The minimum Gasteiger partial charge on any atom is -0.491 e. The SMILES string of the molecule is Cc1cccn2c(-c3ccc(OC(C)C)cc3)c(CCN)nc12. The van der Waals surface area contributed by atoms with Crippen LogP contribution in [0.1, 0.15) is 25.1 Å². The van der Waals surface area contributed by atoms with Gasteiger partial charge in [0.2, 0.25) is 0 Å². The summed E-state index contributed by atoms with van der Waals surface area (Å²) in [5.41, 5.74) is 11.2. The van der Waals surface area contributed by atoms with Crippen molar-refractivity contribution in [3.05, 3.63) is 53.9 Å². The molecule has 120 valence electrons. The highest BCUT2D eigenvalue weighted by Crippen LogP contribution is 2.28. The number of rotatable bonds is 5. The van der Waals surface area contributed by atoms with E-state index in [1.165, 1.54) is 0 Å². The number of hydrogen-bond acceptors (Lipinski definition) is 3. The van der Waals surface area contributed by atoms with Crippen LogP contribution in [0, 0.1) is 6.92 Å². The van der Waals surface area contributed by atoms with Crippen LogP contribution in [0.4, 0.5) is 0 Å². The Hall–Kier alpha value is -2.33. The summed E-state index contributed by atoms with van der Waals surface area (Å²) in [6.45, 7) is 6.73. The summed E-state index contributed by atoms with van der Waals surface area (Å²) in [5, 5.41) is 0. The minimum atomic E-state index is 0.173. The molecule has 0 saturated heterocycles. The fraction of sp³-hybridized carbons (Fsp3) is 0.316. The second kappa shape index (κ2) is 6.42. The van der Waals surface area contributed by atoms with Crippen LogP contribution in [0.3, 0.4) is 0 Å². The van der Waals surface area contributed by atoms with Gasteiger partial charge in [-0.1, -0.05) is 6.07 Å². The van der Waals surface area contributed by atoms with E-state index in [0.29, 0.717) is 6.54 Å². The van der Waals surface area contributed by atoms with Gasteiger partial charge >= 0.3 is 0 Å². The van der Waals surface area contributed by atoms with E-state index in [1.807, 2.05) is 26.0 Å². The monoisotopic (exact) mass is 309 g/mol. The van der Waals surface area contributed by atoms with Crippen LogP contribution in [0.15, 0.2) is 42.6 Å². The molecule has 4 nitrogen and oxygen atoms in total. The van der Waals surface area contributed by atoms with Crippen LogP contribution in [-0.2, 0) is 6.42 Å². The van der Waals surface area contributed by atoms with Crippen molar-refractivity contribution >= 4 is 5.65 Å². The van der Waals surface area contributed by atoms with Gasteiger partial charge in [0.05, 0.1) is 17.5 Å². The van der Waals surface area contributed by atoms with Gasteiger partial charge in [-0.15, -0.1) is 0 Å². The van der Waals surface area contributed by atoms with Crippen molar-refractivity contribution in [1.82, 2.24) is 9.38 Å². The van der Waals surface area contributed by atoms with Crippen LogP contribution in [-0.4, -0.2) is 22.0 Å². The molecule has 0 atom stereocenters. The normalized spacial score (nSPS) is 11.3. The standard InChI is InChI=1S/C19H23N3O/c1-13(2)23-16-8-6-15(7-9-16)18-17(10-11-20)21-19-14(3)5-4-12-22(18)19/h4-9,12-13H,10-11,20H2,1-3H3. The fourth-order valence-corrected chi connectivity index (χ4v) is 2.83. The van der Waals surface area contributed by atoms with Crippen LogP contribution < -0.4 is 10.5 Å². The molecule has 0 amide bonds. The Morgan fingerprint density at radius 3 is 2.57 bits per heavy atom. The smallest absolute Gasteiger partial charge is 0.140 e. The van der Waals surface area contributed by atoms with Crippen molar-refractivity contribution in [3.8, 4) is 17.0 Å². The average molecular weight is 309 g/mol. The molecule has 0 unspecified atom stereocenters. The minimum absolute atomic E-state index is 0.173. The van der Waals surface area contributed by atoms with E-state index < -0.39 is 0 Å². The molecule has 2 heterocycles. The fourth-order valence-electron chi connectivity index (χ4n) is 2.83. The number of aryl methyl sites for hydroxylation is 1. The highest BCUT2D eigenvalue weighted by atomic mass is 16.5. The lowest BCUT2D eigenvalue weighted by atomic mass is 10.1. The molecular formula is C19H23N3O. The molecule has 2 N–H and O–H groups in total. The van der Waals surface area contributed by atoms with Crippen LogP contribution >= 0.6 is 0 Å². The molecule has 4 heteroatoms. The zero-order valence-electron chi connectivity index (χ0n) is 13.9. The predicted octanol–water partition coefficient (Wildman–Crippen LogP) is 3.60. The third-order valence-corrected chi connectivity index (χ3v) is 3.80. The molecule has 0 aliphatic rings. The summed E-state index contributed by atoms with van der Waals surface area (Å²) in [6.07, 6.45) is 3.00. The number of imidazole rings is 1. The number of aromatic nitrogens is 2.